The lowest BCUT2D eigenvalue weighted by Gasteiger charge is -2.10. The highest BCUT2D eigenvalue weighted by Gasteiger charge is 2.25. The molecule has 1 aromatic rings. The van der Waals surface area contributed by atoms with E-state index in [1.54, 1.807) is 13.8 Å². The van der Waals surface area contributed by atoms with E-state index in [-0.39, 0.29) is 48.2 Å². The molecule has 106 valence electrons. The summed E-state index contributed by atoms with van der Waals surface area (Å²) in [6, 6.07) is 0. The summed E-state index contributed by atoms with van der Waals surface area (Å²) in [5.41, 5.74) is -0.0627. The number of nitrogens with zero attached hydrogens (tertiary/aromatic N) is 1. The molecule has 6 nitrogen and oxygen atoms in total. The Kier molecular flexibility index (Phi) is 6.85. The summed E-state index contributed by atoms with van der Waals surface area (Å²) < 4.78 is 9.59. The second kappa shape index (κ2) is 7.58. The Morgan fingerprint density at radius 2 is 1.74 bits per heavy atom. The van der Waals surface area contributed by atoms with Gasteiger partial charge < -0.3 is 14.6 Å². The third-order valence-corrected chi connectivity index (χ3v) is 2.21. The SMILES string of the molecule is CCOC(=O)c1cnc(C)c(O)c1C(=O)OCC.Cl. The van der Waals surface area contributed by atoms with Crippen molar-refractivity contribution in [1.29, 1.82) is 0 Å². The summed E-state index contributed by atoms with van der Waals surface area (Å²) in [4.78, 5) is 27.2. The number of carbonyl (C=O) groups is 2. The van der Waals surface area contributed by atoms with Gasteiger partial charge in [-0.05, 0) is 20.8 Å². The molecule has 0 aromatic carbocycles. The maximum Gasteiger partial charge on any atom is 0.342 e. The fourth-order valence-electron chi connectivity index (χ4n) is 1.37. The van der Waals surface area contributed by atoms with Gasteiger partial charge in [0, 0.05) is 6.20 Å². The van der Waals surface area contributed by atoms with E-state index in [1.807, 2.05) is 0 Å². The number of hydrogen-bond acceptors (Lipinski definition) is 6. The normalized spacial score (nSPS) is 9.42. The van der Waals surface area contributed by atoms with Crippen LogP contribution in [0, 0.1) is 6.92 Å². The lowest BCUT2D eigenvalue weighted by Crippen LogP contribution is -2.15. The second-order valence-electron chi connectivity index (χ2n) is 3.42. The molecule has 1 heterocycles. The Bertz CT molecular complexity index is 475. The van der Waals surface area contributed by atoms with E-state index < -0.39 is 11.9 Å². The Labute approximate surface area is 117 Å². The van der Waals surface area contributed by atoms with Crippen molar-refractivity contribution >= 4 is 24.3 Å². The molecule has 0 saturated heterocycles. The molecule has 1 rings (SSSR count). The molecule has 0 spiro atoms. The van der Waals surface area contributed by atoms with Gasteiger partial charge in [0.15, 0.2) is 5.75 Å². The molecule has 0 amide bonds. The zero-order valence-corrected chi connectivity index (χ0v) is 11.7. The van der Waals surface area contributed by atoms with Crippen molar-refractivity contribution in [3.05, 3.63) is 23.0 Å². The molecule has 0 fully saturated rings. The molecule has 0 aliphatic heterocycles. The number of hydrogen-bond donors (Lipinski definition) is 1. The number of aromatic hydroxyl groups is 1. The molecule has 0 aliphatic rings. The van der Waals surface area contributed by atoms with Gasteiger partial charge in [-0.2, -0.15) is 0 Å². The Morgan fingerprint density at radius 3 is 2.26 bits per heavy atom. The van der Waals surface area contributed by atoms with Crippen LogP contribution in [0.4, 0.5) is 0 Å². The fraction of sp³-hybridized carbons (Fsp3) is 0.417. The third kappa shape index (κ3) is 3.82. The fourth-order valence-corrected chi connectivity index (χ4v) is 1.37. The Morgan fingerprint density at radius 1 is 1.21 bits per heavy atom. The number of aryl methyl sites for hydroxylation is 1. The highest BCUT2D eigenvalue weighted by Crippen LogP contribution is 2.25. The highest BCUT2D eigenvalue weighted by molar-refractivity contribution is 6.05. The van der Waals surface area contributed by atoms with Crippen LogP contribution >= 0.6 is 12.4 Å². The smallest absolute Gasteiger partial charge is 0.342 e. The van der Waals surface area contributed by atoms with E-state index in [9.17, 15) is 14.7 Å². The van der Waals surface area contributed by atoms with Crippen LogP contribution in [0.15, 0.2) is 6.20 Å². The van der Waals surface area contributed by atoms with Crippen LogP contribution in [0.2, 0.25) is 0 Å². The number of ether oxygens (including phenoxy) is 2. The zero-order valence-electron chi connectivity index (χ0n) is 10.9. The minimum Gasteiger partial charge on any atom is -0.505 e. The Balaban J connectivity index is 0.00000324. The molecule has 0 radical (unpaired) electrons. The van der Waals surface area contributed by atoms with Gasteiger partial charge in [-0.15, -0.1) is 12.4 Å². The number of carbonyl (C=O) groups excluding carboxylic acids is 2. The first-order valence-corrected chi connectivity index (χ1v) is 5.55. The minimum atomic E-state index is -0.774. The number of aromatic nitrogens is 1. The summed E-state index contributed by atoms with van der Waals surface area (Å²) in [5, 5.41) is 9.82. The van der Waals surface area contributed by atoms with Crippen molar-refractivity contribution in [2.75, 3.05) is 13.2 Å². The van der Waals surface area contributed by atoms with Gasteiger partial charge in [-0.25, -0.2) is 9.59 Å². The first kappa shape index (κ1) is 17.2. The molecule has 0 aliphatic carbocycles. The van der Waals surface area contributed by atoms with Crippen LogP contribution in [-0.4, -0.2) is 35.2 Å². The largest absolute Gasteiger partial charge is 0.505 e. The van der Waals surface area contributed by atoms with Crippen molar-refractivity contribution < 1.29 is 24.2 Å². The standard InChI is InChI=1S/C12H15NO5.ClH/c1-4-17-11(15)8-6-13-7(3)10(14)9(8)12(16)18-5-2;/h6,14H,4-5H2,1-3H3;1H. The Hall–Kier alpha value is -1.82. The monoisotopic (exact) mass is 289 g/mol. The van der Waals surface area contributed by atoms with E-state index in [0.29, 0.717) is 0 Å². The predicted octanol–water partition coefficient (Wildman–Crippen LogP) is 1.87. The summed E-state index contributed by atoms with van der Waals surface area (Å²) in [6.45, 7) is 5.10. The lowest BCUT2D eigenvalue weighted by atomic mass is 10.1. The van der Waals surface area contributed by atoms with Gasteiger partial charge in [0.05, 0.1) is 24.5 Å². The average molecular weight is 290 g/mol. The predicted molar refractivity (Wildman–Crippen MR) is 69.8 cm³/mol. The quantitative estimate of drug-likeness (QED) is 0.852. The van der Waals surface area contributed by atoms with Crippen LogP contribution < -0.4 is 0 Å². The third-order valence-electron chi connectivity index (χ3n) is 2.21. The van der Waals surface area contributed by atoms with Crippen LogP contribution in [0.1, 0.15) is 40.3 Å². The van der Waals surface area contributed by atoms with E-state index in [1.165, 1.54) is 13.1 Å². The van der Waals surface area contributed by atoms with Crippen molar-refractivity contribution in [3.8, 4) is 5.75 Å². The minimum absolute atomic E-state index is 0. The van der Waals surface area contributed by atoms with Gasteiger partial charge >= 0.3 is 11.9 Å². The van der Waals surface area contributed by atoms with E-state index >= 15 is 0 Å². The van der Waals surface area contributed by atoms with Gasteiger partial charge in [0.25, 0.3) is 0 Å². The van der Waals surface area contributed by atoms with Gasteiger partial charge in [-0.3, -0.25) is 4.98 Å². The number of rotatable bonds is 4. The lowest BCUT2D eigenvalue weighted by molar-refractivity contribution is 0.0475. The molecule has 1 N–H and O–H groups in total. The van der Waals surface area contributed by atoms with Crippen molar-refractivity contribution in [2.24, 2.45) is 0 Å². The van der Waals surface area contributed by atoms with Crippen molar-refractivity contribution in [2.45, 2.75) is 20.8 Å². The van der Waals surface area contributed by atoms with Crippen molar-refractivity contribution in [3.63, 3.8) is 0 Å². The average Bonchev–Trinajstić information content (AvgIpc) is 2.32. The molecule has 7 heteroatoms. The van der Waals surface area contributed by atoms with E-state index in [4.69, 9.17) is 9.47 Å². The zero-order chi connectivity index (χ0) is 13.7. The topological polar surface area (TPSA) is 85.7 Å². The van der Waals surface area contributed by atoms with Crippen LogP contribution in [-0.2, 0) is 9.47 Å². The molecule has 0 unspecified atom stereocenters. The molecule has 0 saturated carbocycles. The first-order chi connectivity index (χ1) is 8.52. The molecule has 19 heavy (non-hydrogen) atoms. The van der Waals surface area contributed by atoms with E-state index in [0.717, 1.165) is 0 Å². The number of esters is 2. The summed E-state index contributed by atoms with van der Waals surface area (Å²) in [6.07, 6.45) is 1.19. The molecule has 0 atom stereocenters. The molecule has 1 aromatic heterocycles. The number of halogens is 1. The van der Waals surface area contributed by atoms with Crippen LogP contribution in [0.5, 0.6) is 5.75 Å². The summed E-state index contributed by atoms with van der Waals surface area (Å²) in [5.74, 6) is -1.86. The molecular weight excluding hydrogens is 274 g/mol. The first-order valence-electron chi connectivity index (χ1n) is 5.55. The van der Waals surface area contributed by atoms with Gasteiger partial charge in [0.1, 0.15) is 5.56 Å². The van der Waals surface area contributed by atoms with E-state index in [2.05, 4.69) is 4.98 Å². The molecular formula is C12H16ClNO5. The summed E-state index contributed by atoms with van der Waals surface area (Å²) in [7, 11) is 0. The number of pyridine rings is 1. The van der Waals surface area contributed by atoms with Gasteiger partial charge in [0.2, 0.25) is 0 Å². The van der Waals surface area contributed by atoms with Crippen molar-refractivity contribution in [1.82, 2.24) is 4.98 Å². The highest BCUT2D eigenvalue weighted by atomic mass is 35.5. The summed E-state index contributed by atoms with van der Waals surface area (Å²) >= 11 is 0. The van der Waals surface area contributed by atoms with Crippen LogP contribution in [0.3, 0.4) is 0 Å². The maximum absolute atomic E-state index is 11.7. The second-order valence-corrected chi connectivity index (χ2v) is 3.42. The van der Waals surface area contributed by atoms with Gasteiger partial charge in [-0.1, -0.05) is 0 Å². The maximum atomic E-state index is 11.7. The van der Waals surface area contributed by atoms with Crippen LogP contribution in [0.25, 0.3) is 0 Å². The molecule has 0 bridgehead atoms.